The van der Waals surface area contributed by atoms with Gasteiger partial charge < -0.3 is 17.6 Å². The molecule has 7 heteroatoms. The molecule has 0 N–H and O–H groups in total. The second-order valence-corrected chi connectivity index (χ2v) is 6.46. The van der Waals surface area contributed by atoms with E-state index in [0.29, 0.717) is 16.4 Å². The van der Waals surface area contributed by atoms with Crippen LogP contribution in [-0.2, 0) is 0 Å². The molecule has 0 bridgehead atoms. The maximum absolute atomic E-state index is 14.6. The Bertz CT molecular complexity index is 899. The summed E-state index contributed by atoms with van der Waals surface area (Å²) in [5, 5.41) is 0.545. The van der Waals surface area contributed by atoms with Crippen molar-refractivity contribution in [3.63, 3.8) is 0 Å². The van der Waals surface area contributed by atoms with Gasteiger partial charge in [0.25, 0.3) is 0 Å². The maximum atomic E-state index is 14.6. The molecule has 0 radical (unpaired) electrons. The van der Waals surface area contributed by atoms with Gasteiger partial charge in [0.05, 0.1) is 10.6 Å². The van der Waals surface area contributed by atoms with Crippen LogP contribution >= 0.6 is 27.5 Å². The number of benzene rings is 1. The second kappa shape index (κ2) is 4.67. The quantitative estimate of drug-likeness (QED) is 0.641. The lowest BCUT2D eigenvalue weighted by molar-refractivity contribution is -0.356. The van der Waals surface area contributed by atoms with Crippen LogP contribution in [0.25, 0.3) is 5.57 Å². The van der Waals surface area contributed by atoms with Crippen molar-refractivity contribution in [3.05, 3.63) is 75.1 Å². The van der Waals surface area contributed by atoms with E-state index in [9.17, 15) is 8.63 Å². The number of allylic oxidation sites excluding steroid dienone is 2. The molecule has 0 atom stereocenters. The van der Waals surface area contributed by atoms with Gasteiger partial charge in [-0.25, -0.2) is 0 Å². The van der Waals surface area contributed by atoms with Crippen LogP contribution in [0, 0.1) is 0 Å². The fourth-order valence-electron chi connectivity index (χ4n) is 2.97. The third-order valence-electron chi connectivity index (χ3n) is 3.95. The van der Waals surface area contributed by atoms with Gasteiger partial charge in [-0.05, 0) is 52.0 Å². The molecule has 3 heterocycles. The van der Waals surface area contributed by atoms with Crippen LogP contribution in [0.2, 0.25) is 5.02 Å². The summed E-state index contributed by atoms with van der Waals surface area (Å²) in [4.78, 5) is 0. The first-order valence-corrected chi connectivity index (χ1v) is 7.86. The smallest absolute Gasteiger partial charge is 0.396 e. The SMILES string of the molecule is F[B-]1(F)n2cccc2C(c2ccc(Br)c(Cl)c2)=C2C=CC=[N+]21. The average molecular weight is 381 g/mol. The van der Waals surface area contributed by atoms with E-state index in [1.54, 1.807) is 30.4 Å². The molecule has 4 rings (SSSR count). The fraction of sp³-hybridized carbons (Fsp3) is 0. The van der Waals surface area contributed by atoms with Crippen LogP contribution in [-0.4, -0.2) is 22.1 Å². The van der Waals surface area contributed by atoms with Crippen LogP contribution in [0.3, 0.4) is 0 Å². The third kappa shape index (κ3) is 1.80. The average Bonchev–Trinajstić information content (AvgIpc) is 3.12. The summed E-state index contributed by atoms with van der Waals surface area (Å²) < 4.78 is 32.1. The Morgan fingerprint density at radius 3 is 2.82 bits per heavy atom. The number of hydrogen-bond donors (Lipinski definition) is 0. The number of rotatable bonds is 1. The van der Waals surface area contributed by atoms with Crippen molar-refractivity contribution in [2.24, 2.45) is 0 Å². The zero-order chi connectivity index (χ0) is 15.5. The zero-order valence-corrected chi connectivity index (χ0v) is 13.5. The van der Waals surface area contributed by atoms with E-state index in [1.807, 2.05) is 12.1 Å². The molecule has 110 valence electrons. The van der Waals surface area contributed by atoms with E-state index in [0.717, 1.165) is 24.6 Å². The van der Waals surface area contributed by atoms with Crippen molar-refractivity contribution >= 4 is 46.3 Å². The molecule has 0 aliphatic carbocycles. The number of halogens is 4. The summed E-state index contributed by atoms with van der Waals surface area (Å²) in [6.45, 7) is -3.86. The van der Waals surface area contributed by atoms with Crippen LogP contribution in [0.15, 0.2) is 58.9 Å². The Hall–Kier alpha value is -1.66. The van der Waals surface area contributed by atoms with Gasteiger partial charge in [-0.2, -0.15) is 0 Å². The molecule has 0 saturated carbocycles. The lowest BCUT2D eigenvalue weighted by Crippen LogP contribution is -2.49. The summed E-state index contributed by atoms with van der Waals surface area (Å²) in [5.74, 6) is 0. The largest absolute Gasteiger partial charge is 0.737 e. The highest BCUT2D eigenvalue weighted by molar-refractivity contribution is 9.10. The molecular weight excluding hydrogens is 372 g/mol. The van der Waals surface area contributed by atoms with Gasteiger partial charge in [-0.15, -0.1) is 0 Å². The van der Waals surface area contributed by atoms with Crippen molar-refractivity contribution in [1.82, 2.24) is 4.48 Å². The molecule has 22 heavy (non-hydrogen) atoms. The van der Waals surface area contributed by atoms with Crippen LogP contribution in [0.1, 0.15) is 11.3 Å². The van der Waals surface area contributed by atoms with E-state index in [1.165, 1.54) is 12.4 Å². The van der Waals surface area contributed by atoms with Crippen LogP contribution < -0.4 is 0 Å². The van der Waals surface area contributed by atoms with Crippen molar-refractivity contribution in [3.8, 4) is 0 Å². The summed E-state index contributed by atoms with van der Waals surface area (Å²) in [6, 6.07) is 8.82. The number of nitrogens with zero attached hydrogens (tertiary/aromatic N) is 2. The normalized spacial score (nSPS) is 18.3. The van der Waals surface area contributed by atoms with Crippen molar-refractivity contribution < 1.29 is 13.1 Å². The van der Waals surface area contributed by atoms with Crippen molar-refractivity contribution in [2.75, 3.05) is 0 Å². The Morgan fingerprint density at radius 2 is 2.05 bits per heavy atom. The van der Waals surface area contributed by atoms with E-state index in [2.05, 4.69) is 15.9 Å². The molecule has 2 aliphatic heterocycles. The minimum Gasteiger partial charge on any atom is -0.396 e. The van der Waals surface area contributed by atoms with Gasteiger partial charge in [0, 0.05) is 22.3 Å². The van der Waals surface area contributed by atoms with Gasteiger partial charge >= 0.3 is 6.97 Å². The second-order valence-electron chi connectivity index (χ2n) is 5.19. The Morgan fingerprint density at radius 1 is 1.23 bits per heavy atom. The molecule has 0 spiro atoms. The van der Waals surface area contributed by atoms with E-state index < -0.39 is 6.97 Å². The van der Waals surface area contributed by atoms with Gasteiger partial charge in [-0.1, -0.05) is 17.7 Å². The lowest BCUT2D eigenvalue weighted by Gasteiger charge is -2.30. The molecule has 1 aromatic carbocycles. The molecule has 0 amide bonds. The summed E-state index contributed by atoms with van der Waals surface area (Å²) >= 11 is 9.52. The molecule has 0 unspecified atom stereocenters. The molecule has 2 aromatic rings. The van der Waals surface area contributed by atoms with Gasteiger partial charge in [0.1, 0.15) is 6.21 Å². The first kappa shape index (κ1) is 14.0. The minimum absolute atomic E-state index is 0.495. The van der Waals surface area contributed by atoms with Crippen molar-refractivity contribution in [1.29, 1.82) is 0 Å². The highest BCUT2D eigenvalue weighted by Crippen LogP contribution is 2.39. The maximum Gasteiger partial charge on any atom is 0.737 e. The fourth-order valence-corrected chi connectivity index (χ4v) is 3.39. The van der Waals surface area contributed by atoms with Crippen LogP contribution in [0.4, 0.5) is 8.63 Å². The molecule has 0 fully saturated rings. The predicted octanol–water partition coefficient (Wildman–Crippen LogP) is 4.55. The Balaban J connectivity index is 2.04. The monoisotopic (exact) mass is 380 g/mol. The summed E-state index contributed by atoms with van der Waals surface area (Å²) in [7, 11) is 0. The molecule has 1 aromatic heterocycles. The molecule has 0 saturated heterocycles. The summed E-state index contributed by atoms with van der Waals surface area (Å²) in [6.07, 6.45) is 6.17. The Kier molecular flexibility index (Phi) is 2.96. The van der Waals surface area contributed by atoms with E-state index in [4.69, 9.17) is 11.6 Å². The number of fused-ring (bicyclic) bond motifs is 2. The zero-order valence-electron chi connectivity index (χ0n) is 11.2. The topological polar surface area (TPSA) is 7.94 Å². The first-order chi connectivity index (χ1) is 10.5. The highest BCUT2D eigenvalue weighted by atomic mass is 79.9. The molecule has 2 aliphatic rings. The van der Waals surface area contributed by atoms with Gasteiger partial charge in [0.2, 0.25) is 0 Å². The van der Waals surface area contributed by atoms with Gasteiger partial charge in [0.15, 0.2) is 5.70 Å². The van der Waals surface area contributed by atoms with E-state index >= 15 is 0 Å². The van der Waals surface area contributed by atoms with E-state index in [-0.39, 0.29) is 0 Å². The number of aromatic nitrogens is 1. The standard InChI is InChI=1S/C15H9BBrClF2N2/c17-11-6-5-10(9-12(11)18)15-13-3-1-7-21(13)16(19,20)22-8-2-4-14(15)22/h1-9H. The highest BCUT2D eigenvalue weighted by Gasteiger charge is 2.51. The first-order valence-electron chi connectivity index (χ1n) is 6.69. The van der Waals surface area contributed by atoms with Crippen molar-refractivity contribution in [2.45, 2.75) is 0 Å². The number of hydrogen-bond acceptors (Lipinski definition) is 0. The third-order valence-corrected chi connectivity index (χ3v) is 5.18. The lowest BCUT2D eigenvalue weighted by atomic mass is 9.86. The summed E-state index contributed by atoms with van der Waals surface area (Å²) in [5.41, 5.74) is 2.54. The minimum atomic E-state index is -3.86. The van der Waals surface area contributed by atoms with Gasteiger partial charge in [-0.3, -0.25) is 0 Å². The Labute approximate surface area is 139 Å². The van der Waals surface area contributed by atoms with Crippen LogP contribution in [0.5, 0.6) is 0 Å². The molecule has 2 nitrogen and oxygen atoms in total. The molecular formula is C15H9BBrClF2N2. The predicted molar refractivity (Wildman–Crippen MR) is 88.4 cm³/mol.